The van der Waals surface area contributed by atoms with Crippen molar-refractivity contribution in [1.29, 1.82) is 0 Å². The highest BCUT2D eigenvalue weighted by Gasteiger charge is 2.23. The Morgan fingerprint density at radius 3 is 2.37 bits per heavy atom. The van der Waals surface area contributed by atoms with Crippen LogP contribution in [0.15, 0.2) is 24.3 Å². The Morgan fingerprint density at radius 1 is 1.16 bits per heavy atom. The molecule has 1 aliphatic carbocycles. The molecule has 0 bridgehead atoms. The summed E-state index contributed by atoms with van der Waals surface area (Å²) in [6.07, 6.45) is 3.84. The fourth-order valence-electron chi connectivity index (χ4n) is 1.96. The zero-order valence-electron chi connectivity index (χ0n) is 11.0. The predicted molar refractivity (Wildman–Crippen MR) is 75.2 cm³/mol. The third kappa shape index (κ3) is 5.30. The van der Waals surface area contributed by atoms with Crippen molar-refractivity contribution in [3.8, 4) is 0 Å². The summed E-state index contributed by atoms with van der Waals surface area (Å²) in [5.74, 6) is 0.892. The lowest BCUT2D eigenvalue weighted by Crippen LogP contribution is -2.28. The van der Waals surface area contributed by atoms with Crippen LogP contribution in [0.1, 0.15) is 30.4 Å². The molecule has 0 saturated heterocycles. The number of nitrogens with one attached hydrogen (secondary N) is 1. The first-order chi connectivity index (χ1) is 9.09. The van der Waals surface area contributed by atoms with Gasteiger partial charge in [-0.25, -0.2) is 13.1 Å². The second-order valence-corrected chi connectivity index (χ2v) is 7.10. The second kappa shape index (κ2) is 6.50. The molecule has 0 aromatic heterocycles. The molecule has 1 aromatic carbocycles. The monoisotopic (exact) mass is 283 g/mol. The van der Waals surface area contributed by atoms with Crippen LogP contribution in [0.25, 0.3) is 0 Å². The highest BCUT2D eigenvalue weighted by molar-refractivity contribution is 7.89. The SMILES string of the molecule is O=S(=O)(CCC1CC1)NCCc1ccc(CO)cc1. The van der Waals surface area contributed by atoms with Crippen molar-refractivity contribution in [3.63, 3.8) is 0 Å². The number of benzene rings is 1. The van der Waals surface area contributed by atoms with Gasteiger partial charge in [0.2, 0.25) is 10.0 Å². The minimum atomic E-state index is -3.11. The summed E-state index contributed by atoms with van der Waals surface area (Å²) in [6.45, 7) is 0.472. The van der Waals surface area contributed by atoms with Crippen LogP contribution < -0.4 is 4.72 Å². The van der Waals surface area contributed by atoms with E-state index in [2.05, 4.69) is 4.72 Å². The molecule has 1 fully saturated rings. The van der Waals surface area contributed by atoms with Gasteiger partial charge in [0.25, 0.3) is 0 Å². The molecule has 1 saturated carbocycles. The summed E-state index contributed by atoms with van der Waals surface area (Å²) in [5, 5.41) is 8.93. The van der Waals surface area contributed by atoms with Crippen LogP contribution in [0.3, 0.4) is 0 Å². The van der Waals surface area contributed by atoms with Crippen molar-refractivity contribution in [2.75, 3.05) is 12.3 Å². The molecule has 5 heteroatoms. The Bertz CT molecular complexity index is 492. The number of aliphatic hydroxyl groups excluding tert-OH is 1. The summed E-state index contributed by atoms with van der Waals surface area (Å²) >= 11 is 0. The van der Waals surface area contributed by atoms with Crippen molar-refractivity contribution in [2.24, 2.45) is 5.92 Å². The van der Waals surface area contributed by atoms with Gasteiger partial charge in [0, 0.05) is 6.54 Å². The molecule has 106 valence electrons. The smallest absolute Gasteiger partial charge is 0.211 e. The topological polar surface area (TPSA) is 66.4 Å². The normalized spacial score (nSPS) is 15.6. The first-order valence-electron chi connectivity index (χ1n) is 6.75. The molecule has 0 unspecified atom stereocenters. The van der Waals surface area contributed by atoms with Crippen molar-refractivity contribution >= 4 is 10.0 Å². The molecule has 0 aliphatic heterocycles. The highest BCUT2D eigenvalue weighted by Crippen LogP contribution is 2.32. The Labute approximate surface area is 114 Å². The first-order valence-corrected chi connectivity index (χ1v) is 8.40. The largest absolute Gasteiger partial charge is 0.392 e. The Morgan fingerprint density at radius 2 is 1.79 bits per heavy atom. The minimum absolute atomic E-state index is 0.0358. The van der Waals surface area contributed by atoms with Gasteiger partial charge >= 0.3 is 0 Å². The summed E-state index contributed by atoms with van der Waals surface area (Å²) in [5.41, 5.74) is 1.94. The van der Waals surface area contributed by atoms with Gasteiger partial charge in [-0.1, -0.05) is 37.1 Å². The van der Waals surface area contributed by atoms with Gasteiger partial charge in [-0.2, -0.15) is 0 Å². The van der Waals surface area contributed by atoms with Gasteiger partial charge in [0.05, 0.1) is 12.4 Å². The third-order valence-electron chi connectivity index (χ3n) is 3.43. The summed E-state index contributed by atoms with van der Waals surface area (Å²) in [7, 11) is -3.11. The molecule has 0 heterocycles. The first kappa shape index (κ1) is 14.5. The summed E-state index contributed by atoms with van der Waals surface area (Å²) in [6, 6.07) is 7.56. The molecule has 0 radical (unpaired) electrons. The van der Waals surface area contributed by atoms with Crippen molar-refractivity contribution in [3.05, 3.63) is 35.4 Å². The predicted octanol–water partition coefficient (Wildman–Crippen LogP) is 1.44. The maximum atomic E-state index is 11.7. The van der Waals surface area contributed by atoms with E-state index in [1.807, 2.05) is 24.3 Å². The highest BCUT2D eigenvalue weighted by atomic mass is 32.2. The lowest BCUT2D eigenvalue weighted by atomic mass is 10.1. The standard InChI is InChI=1S/C14H21NO3S/c16-11-14-5-3-12(4-6-14)7-9-15-19(17,18)10-8-13-1-2-13/h3-6,13,15-16H,1-2,7-11H2. The molecular formula is C14H21NO3S. The second-order valence-electron chi connectivity index (χ2n) is 5.17. The fourth-order valence-corrected chi connectivity index (χ4v) is 3.16. The fraction of sp³-hybridized carbons (Fsp3) is 0.571. The molecule has 1 aromatic rings. The van der Waals surface area contributed by atoms with Crippen LogP contribution in [0.5, 0.6) is 0 Å². The molecule has 19 heavy (non-hydrogen) atoms. The molecule has 2 rings (SSSR count). The van der Waals surface area contributed by atoms with E-state index in [-0.39, 0.29) is 12.4 Å². The Hall–Kier alpha value is -0.910. The van der Waals surface area contributed by atoms with Crippen LogP contribution in [-0.2, 0) is 23.1 Å². The van der Waals surface area contributed by atoms with Crippen LogP contribution in [0.4, 0.5) is 0 Å². The number of hydrogen-bond donors (Lipinski definition) is 2. The molecule has 0 amide bonds. The quantitative estimate of drug-likeness (QED) is 0.758. The van der Waals surface area contributed by atoms with E-state index in [4.69, 9.17) is 5.11 Å². The average molecular weight is 283 g/mol. The Kier molecular flexibility index (Phi) is 4.96. The molecule has 2 N–H and O–H groups in total. The van der Waals surface area contributed by atoms with Gasteiger partial charge in [0.1, 0.15) is 0 Å². The molecular weight excluding hydrogens is 262 g/mol. The summed E-state index contributed by atoms with van der Waals surface area (Å²) in [4.78, 5) is 0. The number of sulfonamides is 1. The maximum Gasteiger partial charge on any atom is 0.211 e. The average Bonchev–Trinajstić information content (AvgIpc) is 3.21. The van der Waals surface area contributed by atoms with Crippen molar-refractivity contribution < 1.29 is 13.5 Å². The van der Waals surface area contributed by atoms with E-state index in [9.17, 15) is 8.42 Å². The number of rotatable bonds is 8. The van der Waals surface area contributed by atoms with Crippen LogP contribution in [0.2, 0.25) is 0 Å². The van der Waals surface area contributed by atoms with Crippen molar-refractivity contribution in [1.82, 2.24) is 4.72 Å². The van der Waals surface area contributed by atoms with Crippen molar-refractivity contribution in [2.45, 2.75) is 32.3 Å². The van der Waals surface area contributed by atoms with Crippen LogP contribution in [0, 0.1) is 5.92 Å². The zero-order valence-corrected chi connectivity index (χ0v) is 11.8. The van der Waals surface area contributed by atoms with Gasteiger partial charge in [0.15, 0.2) is 0 Å². The van der Waals surface area contributed by atoms with Crippen LogP contribution in [-0.4, -0.2) is 25.8 Å². The van der Waals surface area contributed by atoms with E-state index in [0.29, 0.717) is 18.9 Å². The number of hydrogen-bond acceptors (Lipinski definition) is 3. The van der Waals surface area contributed by atoms with Gasteiger partial charge < -0.3 is 5.11 Å². The van der Waals surface area contributed by atoms with E-state index in [0.717, 1.165) is 17.5 Å². The van der Waals surface area contributed by atoms with E-state index in [1.54, 1.807) is 0 Å². The molecule has 1 aliphatic rings. The zero-order chi connectivity index (χ0) is 13.7. The van der Waals surface area contributed by atoms with Gasteiger partial charge in [-0.05, 0) is 29.9 Å². The molecule has 0 spiro atoms. The summed E-state index contributed by atoms with van der Waals surface area (Å²) < 4.78 is 26.1. The van der Waals surface area contributed by atoms with Gasteiger partial charge in [-0.3, -0.25) is 0 Å². The van der Waals surface area contributed by atoms with Crippen LogP contribution >= 0.6 is 0 Å². The van der Waals surface area contributed by atoms with E-state index in [1.165, 1.54) is 12.8 Å². The maximum absolute atomic E-state index is 11.7. The molecule has 4 nitrogen and oxygen atoms in total. The van der Waals surface area contributed by atoms with E-state index < -0.39 is 10.0 Å². The minimum Gasteiger partial charge on any atom is -0.392 e. The van der Waals surface area contributed by atoms with Gasteiger partial charge in [-0.15, -0.1) is 0 Å². The van der Waals surface area contributed by atoms with E-state index >= 15 is 0 Å². The Balaban J connectivity index is 1.71. The number of aliphatic hydroxyl groups is 1. The lowest BCUT2D eigenvalue weighted by Gasteiger charge is -2.06. The molecule has 0 atom stereocenters. The lowest BCUT2D eigenvalue weighted by molar-refractivity contribution is 0.282. The third-order valence-corrected chi connectivity index (χ3v) is 4.85.